The van der Waals surface area contributed by atoms with Gasteiger partial charge >= 0.3 is 5.97 Å². The molecule has 0 aliphatic heterocycles. The van der Waals surface area contributed by atoms with E-state index in [0.29, 0.717) is 11.3 Å². The molecule has 0 saturated carbocycles. The third-order valence-electron chi connectivity index (χ3n) is 4.90. The predicted octanol–water partition coefficient (Wildman–Crippen LogP) is 4.82. The summed E-state index contributed by atoms with van der Waals surface area (Å²) in [6, 6.07) is 21.1. The van der Waals surface area contributed by atoms with Crippen LogP contribution in [0.1, 0.15) is 23.0 Å². The van der Waals surface area contributed by atoms with E-state index in [2.05, 4.69) is 4.98 Å². The van der Waals surface area contributed by atoms with E-state index in [-0.39, 0.29) is 12.4 Å². The number of benzene rings is 3. The van der Waals surface area contributed by atoms with Crippen molar-refractivity contribution >= 4 is 33.4 Å². The van der Waals surface area contributed by atoms with Crippen molar-refractivity contribution in [2.45, 2.75) is 20.0 Å². The van der Waals surface area contributed by atoms with E-state index >= 15 is 0 Å². The summed E-state index contributed by atoms with van der Waals surface area (Å²) in [7, 11) is 0. The van der Waals surface area contributed by atoms with Gasteiger partial charge < -0.3 is 14.5 Å². The Balaban J connectivity index is 1.40. The van der Waals surface area contributed by atoms with E-state index in [4.69, 9.17) is 9.47 Å². The molecular formula is C24H21NO4. The summed E-state index contributed by atoms with van der Waals surface area (Å²) in [5.74, 6) is -0.248. The summed E-state index contributed by atoms with van der Waals surface area (Å²) in [6.07, 6.45) is -0.902. The Labute approximate surface area is 168 Å². The third kappa shape index (κ3) is 3.85. The number of carbonyl (C=O) groups excluding carboxylic acids is 2. The minimum absolute atomic E-state index is 0.237. The summed E-state index contributed by atoms with van der Waals surface area (Å²) in [5, 5.41) is 2.94. The largest absolute Gasteiger partial charge is 0.482 e. The van der Waals surface area contributed by atoms with Gasteiger partial charge in [0.15, 0.2) is 12.7 Å². The molecule has 0 unspecified atom stereocenters. The molecule has 4 rings (SSSR count). The fourth-order valence-corrected chi connectivity index (χ4v) is 3.48. The lowest BCUT2D eigenvalue weighted by molar-refractivity contribution is -0.148. The van der Waals surface area contributed by atoms with Crippen molar-refractivity contribution in [1.82, 2.24) is 4.98 Å². The molecule has 4 aromatic rings. The molecule has 1 heterocycles. The fourth-order valence-electron chi connectivity index (χ4n) is 3.48. The maximum atomic E-state index is 12.9. The Bertz CT molecular complexity index is 1210. The van der Waals surface area contributed by atoms with E-state index in [1.165, 1.54) is 0 Å². The van der Waals surface area contributed by atoms with Crippen molar-refractivity contribution in [3.63, 3.8) is 0 Å². The second-order valence-electron chi connectivity index (χ2n) is 6.96. The van der Waals surface area contributed by atoms with Crippen molar-refractivity contribution in [2.24, 2.45) is 0 Å². The Kier molecular flexibility index (Phi) is 5.04. The molecule has 0 aliphatic carbocycles. The quantitative estimate of drug-likeness (QED) is 0.380. The third-order valence-corrected chi connectivity index (χ3v) is 4.90. The molecule has 0 aliphatic rings. The summed E-state index contributed by atoms with van der Waals surface area (Å²) >= 11 is 0. The maximum absolute atomic E-state index is 12.9. The number of Topliss-reactive ketones (excluding diaryl/α,β-unsaturated/α-hetero) is 1. The first-order valence-corrected chi connectivity index (χ1v) is 9.45. The van der Waals surface area contributed by atoms with Crippen molar-refractivity contribution in [2.75, 3.05) is 6.61 Å². The van der Waals surface area contributed by atoms with E-state index in [0.717, 1.165) is 27.4 Å². The van der Waals surface area contributed by atoms with Crippen molar-refractivity contribution in [3.05, 3.63) is 78.0 Å². The lowest BCUT2D eigenvalue weighted by Gasteiger charge is -2.13. The number of aromatic amines is 1. The number of fused-ring (bicyclic) bond motifs is 2. The maximum Gasteiger partial charge on any atom is 0.344 e. The van der Waals surface area contributed by atoms with Gasteiger partial charge in [-0.25, -0.2) is 4.79 Å². The van der Waals surface area contributed by atoms with Crippen LogP contribution in [0.4, 0.5) is 0 Å². The van der Waals surface area contributed by atoms with Gasteiger partial charge in [-0.05, 0) is 42.8 Å². The first-order valence-electron chi connectivity index (χ1n) is 9.45. The van der Waals surface area contributed by atoms with Gasteiger partial charge in [0.2, 0.25) is 5.78 Å². The molecule has 5 heteroatoms. The highest BCUT2D eigenvalue weighted by atomic mass is 16.6. The highest BCUT2D eigenvalue weighted by Gasteiger charge is 2.24. The van der Waals surface area contributed by atoms with Crippen LogP contribution >= 0.6 is 0 Å². The van der Waals surface area contributed by atoms with Crippen LogP contribution in [-0.4, -0.2) is 29.4 Å². The number of carbonyl (C=O) groups is 2. The number of nitrogens with one attached hydrogen (secondary N) is 1. The zero-order valence-corrected chi connectivity index (χ0v) is 16.3. The SMILES string of the molecule is Cc1[nH]c2ccccc2c1C(=O)[C@H](C)OC(=O)COc1ccc2ccccc2c1. The van der Waals surface area contributed by atoms with Crippen molar-refractivity contribution < 1.29 is 19.1 Å². The van der Waals surface area contributed by atoms with Crippen LogP contribution in [0.25, 0.3) is 21.7 Å². The van der Waals surface area contributed by atoms with Crippen LogP contribution in [0, 0.1) is 6.92 Å². The number of para-hydroxylation sites is 1. The van der Waals surface area contributed by atoms with Crippen LogP contribution < -0.4 is 4.74 Å². The number of rotatable bonds is 6. The molecule has 1 aromatic heterocycles. The molecule has 1 N–H and O–H groups in total. The average Bonchev–Trinajstić information content (AvgIpc) is 3.07. The minimum Gasteiger partial charge on any atom is -0.482 e. The summed E-state index contributed by atoms with van der Waals surface area (Å²) in [4.78, 5) is 28.3. The molecule has 0 amide bonds. The van der Waals surface area contributed by atoms with Gasteiger partial charge in [-0.15, -0.1) is 0 Å². The normalized spacial score (nSPS) is 12.1. The number of hydrogen-bond donors (Lipinski definition) is 1. The lowest BCUT2D eigenvalue weighted by Crippen LogP contribution is -2.27. The number of ketones is 1. The fraction of sp³-hybridized carbons (Fsp3) is 0.167. The average molecular weight is 387 g/mol. The van der Waals surface area contributed by atoms with Gasteiger partial charge in [-0.1, -0.05) is 48.5 Å². The molecule has 5 nitrogen and oxygen atoms in total. The number of hydrogen-bond acceptors (Lipinski definition) is 4. The monoisotopic (exact) mass is 387 g/mol. The molecule has 0 saturated heterocycles. The zero-order valence-electron chi connectivity index (χ0n) is 16.3. The second-order valence-corrected chi connectivity index (χ2v) is 6.96. The summed E-state index contributed by atoms with van der Waals surface area (Å²) in [5.41, 5.74) is 2.19. The molecule has 0 fully saturated rings. The first kappa shape index (κ1) is 18.7. The number of aromatic nitrogens is 1. The van der Waals surface area contributed by atoms with E-state index in [1.54, 1.807) is 13.0 Å². The highest BCUT2D eigenvalue weighted by molar-refractivity contribution is 6.11. The Hall–Kier alpha value is -3.60. The Morgan fingerprint density at radius 1 is 0.966 bits per heavy atom. The smallest absolute Gasteiger partial charge is 0.344 e. The summed E-state index contributed by atoms with van der Waals surface area (Å²) < 4.78 is 10.9. The van der Waals surface area contributed by atoms with E-state index in [1.807, 2.05) is 67.6 Å². The van der Waals surface area contributed by atoms with Gasteiger partial charge in [-0.3, -0.25) is 4.79 Å². The van der Waals surface area contributed by atoms with Crippen molar-refractivity contribution in [1.29, 1.82) is 0 Å². The van der Waals surface area contributed by atoms with Gasteiger partial charge in [0.25, 0.3) is 0 Å². The van der Waals surface area contributed by atoms with Crippen LogP contribution in [0.2, 0.25) is 0 Å². The standard InChI is InChI=1S/C24H21NO4/c1-15-23(20-9-5-6-10-21(20)25-15)24(27)16(2)29-22(26)14-28-19-12-11-17-7-3-4-8-18(17)13-19/h3-13,16,25H,14H2,1-2H3/t16-/m0/s1. The van der Waals surface area contributed by atoms with Crippen molar-refractivity contribution in [3.8, 4) is 5.75 Å². The topological polar surface area (TPSA) is 68.4 Å². The molecule has 146 valence electrons. The van der Waals surface area contributed by atoms with Gasteiger partial charge in [0, 0.05) is 22.2 Å². The highest BCUT2D eigenvalue weighted by Crippen LogP contribution is 2.24. The van der Waals surface area contributed by atoms with Gasteiger partial charge in [0.1, 0.15) is 5.75 Å². The van der Waals surface area contributed by atoms with Crippen LogP contribution in [0.3, 0.4) is 0 Å². The minimum atomic E-state index is -0.902. The van der Waals surface area contributed by atoms with Gasteiger partial charge in [0.05, 0.1) is 0 Å². The molecule has 29 heavy (non-hydrogen) atoms. The van der Waals surface area contributed by atoms with Crippen LogP contribution in [0.15, 0.2) is 66.7 Å². The molecule has 3 aromatic carbocycles. The summed E-state index contributed by atoms with van der Waals surface area (Å²) in [6.45, 7) is 3.16. The number of H-pyrrole nitrogens is 1. The molecule has 0 radical (unpaired) electrons. The number of ether oxygens (including phenoxy) is 2. The van der Waals surface area contributed by atoms with Gasteiger partial charge in [-0.2, -0.15) is 0 Å². The van der Waals surface area contributed by atoms with Crippen LogP contribution in [-0.2, 0) is 9.53 Å². The Morgan fingerprint density at radius 3 is 2.52 bits per heavy atom. The lowest BCUT2D eigenvalue weighted by atomic mass is 10.0. The zero-order chi connectivity index (χ0) is 20.4. The number of esters is 1. The Morgan fingerprint density at radius 2 is 1.69 bits per heavy atom. The van der Waals surface area contributed by atoms with Crippen LogP contribution in [0.5, 0.6) is 5.75 Å². The predicted molar refractivity (Wildman–Crippen MR) is 112 cm³/mol. The van der Waals surface area contributed by atoms with E-state index in [9.17, 15) is 9.59 Å². The first-order chi connectivity index (χ1) is 14.0. The van der Waals surface area contributed by atoms with E-state index < -0.39 is 12.1 Å². The molecular weight excluding hydrogens is 366 g/mol. The second kappa shape index (κ2) is 7.80. The molecule has 0 spiro atoms. The molecule has 0 bridgehead atoms. The number of aryl methyl sites for hydroxylation is 1. The molecule has 1 atom stereocenters.